The first-order valence-electron chi connectivity index (χ1n) is 10.9. The molecule has 170 valence electrons. The third-order valence-electron chi connectivity index (χ3n) is 5.51. The van der Waals surface area contributed by atoms with Crippen molar-refractivity contribution < 1.29 is 17.9 Å². The molecule has 1 amide bonds. The molecule has 2 aromatic carbocycles. The Balaban J connectivity index is 1.62. The van der Waals surface area contributed by atoms with Gasteiger partial charge < -0.3 is 10.1 Å². The molecule has 0 atom stereocenters. The fraction of sp³-hybridized carbons (Fsp3) is 0.409. The van der Waals surface area contributed by atoms with Crippen molar-refractivity contribution in [2.75, 3.05) is 25.0 Å². The molecule has 32 heavy (non-hydrogen) atoms. The Morgan fingerprint density at radius 3 is 2.59 bits per heavy atom. The molecular weight excluding hydrogens is 430 g/mol. The maximum atomic E-state index is 13.3. The Morgan fingerprint density at radius 1 is 1.09 bits per heavy atom. The largest absolute Gasteiger partial charge is 0.492 e. The normalized spacial score (nSPS) is 15.1. The van der Waals surface area contributed by atoms with Crippen molar-refractivity contribution in [1.29, 1.82) is 0 Å². The number of ether oxygens (including phenoxy) is 1. The summed E-state index contributed by atoms with van der Waals surface area (Å²) < 4.78 is 35.4. The smallest absolute Gasteiger partial charge is 0.255 e. The summed E-state index contributed by atoms with van der Waals surface area (Å²) in [6.45, 7) is 5.77. The lowest BCUT2D eigenvalue weighted by atomic mass is 10.1. The van der Waals surface area contributed by atoms with Gasteiger partial charge >= 0.3 is 0 Å². The average molecular weight is 458 g/mol. The molecule has 1 fully saturated rings. The number of fused-ring (bicyclic) bond motifs is 1. The molecule has 1 aliphatic rings. The number of carbonyl (C=O) groups is 1. The minimum absolute atomic E-state index is 0.0698. The van der Waals surface area contributed by atoms with Crippen LogP contribution in [0, 0.1) is 0 Å². The van der Waals surface area contributed by atoms with Crippen LogP contribution in [0.4, 0.5) is 5.69 Å². The molecule has 1 aromatic heterocycles. The second-order valence-corrected chi connectivity index (χ2v) is 9.53. The van der Waals surface area contributed by atoms with E-state index < -0.39 is 10.0 Å². The number of aryl methyl sites for hydroxylation is 1. The molecule has 0 aliphatic carbocycles. The molecule has 0 radical (unpaired) electrons. The van der Waals surface area contributed by atoms with Crippen LogP contribution in [0.1, 0.15) is 43.5 Å². The summed E-state index contributed by atoms with van der Waals surface area (Å²) in [6.07, 6.45) is 2.70. The number of anilines is 1. The third kappa shape index (κ3) is 4.33. The Morgan fingerprint density at radius 2 is 1.88 bits per heavy atom. The number of aromatic nitrogens is 3. The number of rotatable bonds is 7. The van der Waals surface area contributed by atoms with E-state index in [9.17, 15) is 13.2 Å². The number of nitrogens with zero attached hydrogens (tertiary/aromatic N) is 4. The monoisotopic (exact) mass is 457 g/mol. The van der Waals surface area contributed by atoms with Crippen molar-refractivity contribution >= 4 is 32.7 Å². The maximum absolute atomic E-state index is 13.3. The van der Waals surface area contributed by atoms with Crippen LogP contribution in [0.5, 0.6) is 5.75 Å². The van der Waals surface area contributed by atoms with Crippen LogP contribution in [0.2, 0.25) is 0 Å². The lowest BCUT2D eigenvalue weighted by molar-refractivity contribution is 0.102. The van der Waals surface area contributed by atoms with Crippen molar-refractivity contribution in [2.24, 2.45) is 0 Å². The van der Waals surface area contributed by atoms with E-state index in [2.05, 4.69) is 15.6 Å². The summed E-state index contributed by atoms with van der Waals surface area (Å²) in [6, 6.07) is 9.88. The highest BCUT2D eigenvalue weighted by molar-refractivity contribution is 7.89. The fourth-order valence-electron chi connectivity index (χ4n) is 3.86. The number of amides is 1. The minimum atomic E-state index is -3.73. The van der Waals surface area contributed by atoms with Crippen molar-refractivity contribution in [3.05, 3.63) is 42.0 Å². The van der Waals surface area contributed by atoms with Crippen LogP contribution >= 0.6 is 0 Å². The van der Waals surface area contributed by atoms with Gasteiger partial charge in [0, 0.05) is 30.9 Å². The van der Waals surface area contributed by atoms with Crippen LogP contribution in [-0.2, 0) is 16.6 Å². The van der Waals surface area contributed by atoms with E-state index in [-0.39, 0.29) is 16.6 Å². The second kappa shape index (κ2) is 9.25. The Kier molecular flexibility index (Phi) is 6.43. The molecule has 0 bridgehead atoms. The van der Waals surface area contributed by atoms with Crippen molar-refractivity contribution in [2.45, 2.75) is 44.6 Å². The summed E-state index contributed by atoms with van der Waals surface area (Å²) in [5.74, 6) is -0.0721. The van der Waals surface area contributed by atoms with Crippen LogP contribution in [-0.4, -0.2) is 53.3 Å². The fourth-order valence-corrected chi connectivity index (χ4v) is 5.53. The van der Waals surface area contributed by atoms with Gasteiger partial charge in [-0.1, -0.05) is 11.6 Å². The molecule has 3 aromatic rings. The first kappa shape index (κ1) is 22.2. The third-order valence-corrected chi connectivity index (χ3v) is 7.43. The molecular formula is C22H27N5O4S. The van der Waals surface area contributed by atoms with Gasteiger partial charge in [-0.3, -0.25) is 4.79 Å². The first-order valence-corrected chi connectivity index (χ1v) is 12.3. The lowest BCUT2D eigenvalue weighted by Crippen LogP contribution is -2.35. The Bertz CT molecular complexity index is 1230. The van der Waals surface area contributed by atoms with Gasteiger partial charge in [0.25, 0.3) is 5.91 Å². The topological polar surface area (TPSA) is 106 Å². The number of nitrogens with one attached hydrogen (secondary N) is 1. The number of benzene rings is 2. The first-order chi connectivity index (χ1) is 15.4. The summed E-state index contributed by atoms with van der Waals surface area (Å²) >= 11 is 0. The Labute approximate surface area is 187 Å². The molecule has 9 nitrogen and oxygen atoms in total. The van der Waals surface area contributed by atoms with Gasteiger partial charge in [0.1, 0.15) is 16.2 Å². The van der Waals surface area contributed by atoms with Gasteiger partial charge in [-0.25, -0.2) is 13.1 Å². The van der Waals surface area contributed by atoms with E-state index in [0.29, 0.717) is 43.0 Å². The second-order valence-electron chi connectivity index (χ2n) is 7.62. The zero-order valence-corrected chi connectivity index (χ0v) is 19.1. The molecule has 10 heteroatoms. The molecule has 0 spiro atoms. The number of sulfonamides is 1. The van der Waals surface area contributed by atoms with Crippen LogP contribution in [0.15, 0.2) is 41.3 Å². The minimum Gasteiger partial charge on any atom is -0.492 e. The molecule has 1 aliphatic heterocycles. The van der Waals surface area contributed by atoms with Gasteiger partial charge in [0.05, 0.1) is 12.1 Å². The highest BCUT2D eigenvalue weighted by atomic mass is 32.2. The molecule has 1 N–H and O–H groups in total. The molecule has 4 rings (SSSR count). The summed E-state index contributed by atoms with van der Waals surface area (Å²) in [4.78, 5) is 12.9. The zero-order valence-electron chi connectivity index (χ0n) is 18.2. The summed E-state index contributed by atoms with van der Waals surface area (Å²) in [7, 11) is -3.73. The van der Waals surface area contributed by atoms with Gasteiger partial charge in [-0.2, -0.15) is 4.31 Å². The van der Waals surface area contributed by atoms with E-state index in [4.69, 9.17) is 4.74 Å². The number of carbonyl (C=O) groups excluding carboxylic acids is 1. The van der Waals surface area contributed by atoms with Gasteiger partial charge in [-0.15, -0.1) is 5.10 Å². The quantitative estimate of drug-likeness (QED) is 0.584. The molecule has 0 saturated carbocycles. The highest BCUT2D eigenvalue weighted by Gasteiger charge is 2.29. The van der Waals surface area contributed by atoms with Gasteiger partial charge in [0.2, 0.25) is 10.0 Å². The van der Waals surface area contributed by atoms with Crippen molar-refractivity contribution in [1.82, 2.24) is 19.3 Å². The van der Waals surface area contributed by atoms with E-state index >= 15 is 0 Å². The SMILES string of the molecule is CCOc1ccc(NC(=O)c2ccc3c(c2)nnn3CC)cc1S(=O)(=O)N1CCCCC1. The van der Waals surface area contributed by atoms with E-state index in [0.717, 1.165) is 24.8 Å². The maximum Gasteiger partial charge on any atom is 0.255 e. The predicted molar refractivity (Wildman–Crippen MR) is 121 cm³/mol. The molecule has 2 heterocycles. The lowest BCUT2D eigenvalue weighted by Gasteiger charge is -2.27. The van der Waals surface area contributed by atoms with Crippen LogP contribution in [0.25, 0.3) is 11.0 Å². The summed E-state index contributed by atoms with van der Waals surface area (Å²) in [5, 5.41) is 11.0. The Hall–Kier alpha value is -2.98. The zero-order chi connectivity index (χ0) is 22.7. The van der Waals surface area contributed by atoms with Gasteiger partial charge in [0.15, 0.2) is 0 Å². The number of piperidine rings is 1. The van der Waals surface area contributed by atoms with Crippen molar-refractivity contribution in [3.8, 4) is 5.75 Å². The van der Waals surface area contributed by atoms with E-state index in [1.165, 1.54) is 10.4 Å². The van der Waals surface area contributed by atoms with E-state index in [1.807, 2.05) is 6.92 Å². The van der Waals surface area contributed by atoms with Gasteiger partial charge in [-0.05, 0) is 63.1 Å². The van der Waals surface area contributed by atoms with Crippen molar-refractivity contribution in [3.63, 3.8) is 0 Å². The van der Waals surface area contributed by atoms with Crippen LogP contribution in [0.3, 0.4) is 0 Å². The van der Waals surface area contributed by atoms with Crippen LogP contribution < -0.4 is 10.1 Å². The molecule has 1 saturated heterocycles. The average Bonchev–Trinajstić information content (AvgIpc) is 3.23. The summed E-state index contributed by atoms with van der Waals surface area (Å²) in [5.41, 5.74) is 2.26. The van der Waals surface area contributed by atoms with E-state index in [1.54, 1.807) is 41.9 Å². The number of hydrogen-bond donors (Lipinski definition) is 1. The predicted octanol–water partition coefficient (Wildman–Crippen LogP) is 3.28. The molecule has 0 unspecified atom stereocenters. The highest BCUT2D eigenvalue weighted by Crippen LogP contribution is 2.31. The number of hydrogen-bond acceptors (Lipinski definition) is 6. The standard InChI is InChI=1S/C22H27N5O4S/c1-3-27-19-10-8-16(14-18(19)24-25-27)22(28)23-17-9-11-20(31-4-2)21(15-17)32(29,30)26-12-6-5-7-13-26/h8-11,14-15H,3-7,12-13H2,1-2H3,(H,23,28).